The molecule has 1 N–H and O–H groups in total. The number of aryl methyl sites for hydroxylation is 2. The Bertz CT molecular complexity index is 924. The molecule has 2 aromatic heterocycles. The molecule has 0 aliphatic carbocycles. The summed E-state index contributed by atoms with van der Waals surface area (Å²) in [6.07, 6.45) is 0. The summed E-state index contributed by atoms with van der Waals surface area (Å²) < 4.78 is 7.76. The van der Waals surface area contributed by atoms with Crippen LogP contribution in [0.4, 0.5) is 5.13 Å². The van der Waals surface area contributed by atoms with Gasteiger partial charge in [-0.2, -0.15) is 0 Å². The number of hydrogen-bond acceptors (Lipinski definition) is 8. The molecule has 3 rings (SSSR count). The molecular formula is C17H20N6O2S2. The predicted octanol–water partition coefficient (Wildman–Crippen LogP) is 3.08. The van der Waals surface area contributed by atoms with Gasteiger partial charge in [0.1, 0.15) is 17.4 Å². The Labute approximate surface area is 165 Å². The van der Waals surface area contributed by atoms with Crippen molar-refractivity contribution >= 4 is 34.1 Å². The maximum Gasteiger partial charge on any atom is 0.236 e. The topological polar surface area (TPSA) is 94.8 Å². The van der Waals surface area contributed by atoms with Crippen molar-refractivity contribution in [2.45, 2.75) is 39.1 Å². The van der Waals surface area contributed by atoms with Gasteiger partial charge in [-0.1, -0.05) is 35.2 Å². The molecule has 0 saturated carbocycles. The monoisotopic (exact) mass is 404 g/mol. The van der Waals surface area contributed by atoms with Gasteiger partial charge in [0.2, 0.25) is 11.0 Å². The fourth-order valence-electron chi connectivity index (χ4n) is 2.34. The molecule has 2 heterocycles. The van der Waals surface area contributed by atoms with E-state index in [1.807, 2.05) is 49.6 Å². The van der Waals surface area contributed by atoms with E-state index in [0.717, 1.165) is 22.1 Å². The molecule has 0 fully saturated rings. The van der Waals surface area contributed by atoms with Gasteiger partial charge in [0.25, 0.3) is 0 Å². The number of thioether (sulfide) groups is 1. The summed E-state index contributed by atoms with van der Waals surface area (Å²) >= 11 is 2.67. The second-order valence-corrected chi connectivity index (χ2v) is 7.84. The number of hydrogen-bond donors (Lipinski definition) is 1. The van der Waals surface area contributed by atoms with Crippen molar-refractivity contribution in [3.8, 4) is 5.75 Å². The molecule has 0 aliphatic rings. The zero-order chi connectivity index (χ0) is 19.2. The molecule has 0 atom stereocenters. The summed E-state index contributed by atoms with van der Waals surface area (Å²) in [6.45, 7) is 6.88. The molecule has 0 bridgehead atoms. The molecule has 0 spiro atoms. The van der Waals surface area contributed by atoms with Gasteiger partial charge in [-0.3, -0.25) is 10.1 Å². The highest BCUT2D eigenvalue weighted by molar-refractivity contribution is 7.99. The van der Waals surface area contributed by atoms with Crippen molar-refractivity contribution < 1.29 is 9.53 Å². The van der Waals surface area contributed by atoms with Crippen molar-refractivity contribution in [3.05, 3.63) is 40.7 Å². The normalized spacial score (nSPS) is 10.8. The van der Waals surface area contributed by atoms with Gasteiger partial charge in [0.05, 0.1) is 5.75 Å². The van der Waals surface area contributed by atoms with Crippen LogP contribution in [0.1, 0.15) is 23.3 Å². The lowest BCUT2D eigenvalue weighted by atomic mass is 10.2. The highest BCUT2D eigenvalue weighted by atomic mass is 32.2. The summed E-state index contributed by atoms with van der Waals surface area (Å²) in [7, 11) is 0. The highest BCUT2D eigenvalue weighted by Crippen LogP contribution is 2.20. The van der Waals surface area contributed by atoms with Crippen LogP contribution in [0, 0.1) is 13.8 Å². The predicted molar refractivity (Wildman–Crippen MR) is 105 cm³/mol. The van der Waals surface area contributed by atoms with Crippen LogP contribution < -0.4 is 10.1 Å². The second kappa shape index (κ2) is 8.96. The minimum atomic E-state index is -0.153. The lowest BCUT2D eigenvalue weighted by Crippen LogP contribution is -2.14. The third kappa shape index (κ3) is 5.27. The van der Waals surface area contributed by atoms with Crippen molar-refractivity contribution in [1.29, 1.82) is 0 Å². The number of aromatic nitrogens is 5. The van der Waals surface area contributed by atoms with Gasteiger partial charge in [0.15, 0.2) is 11.0 Å². The number of amides is 1. The number of rotatable bonds is 8. The zero-order valence-corrected chi connectivity index (χ0v) is 16.9. The van der Waals surface area contributed by atoms with Gasteiger partial charge in [-0.25, -0.2) is 0 Å². The molecule has 8 nitrogen and oxygen atoms in total. The van der Waals surface area contributed by atoms with E-state index in [1.165, 1.54) is 23.1 Å². The van der Waals surface area contributed by atoms with E-state index in [1.54, 1.807) is 0 Å². The van der Waals surface area contributed by atoms with Gasteiger partial charge < -0.3 is 9.30 Å². The standard InChI is InChI=1S/C17H20N6O2S2/c1-4-23-14(9-25-13-7-5-6-11(2)8-13)20-22-17(23)26-10-15(24)18-16-21-19-12(3)27-16/h5-8H,4,9-10H2,1-3H3,(H,18,21,24). The average molecular weight is 405 g/mol. The van der Waals surface area contributed by atoms with Crippen LogP contribution in [0.15, 0.2) is 29.4 Å². The largest absolute Gasteiger partial charge is 0.486 e. The number of carbonyl (C=O) groups is 1. The minimum absolute atomic E-state index is 0.153. The van der Waals surface area contributed by atoms with E-state index in [9.17, 15) is 4.79 Å². The number of ether oxygens (including phenoxy) is 1. The van der Waals surface area contributed by atoms with Crippen molar-refractivity contribution in [2.24, 2.45) is 0 Å². The molecule has 27 heavy (non-hydrogen) atoms. The van der Waals surface area contributed by atoms with Crippen LogP contribution >= 0.6 is 23.1 Å². The summed E-state index contributed by atoms with van der Waals surface area (Å²) in [4.78, 5) is 12.1. The Hall–Kier alpha value is -2.46. The quantitative estimate of drug-likeness (QED) is 0.577. The highest BCUT2D eigenvalue weighted by Gasteiger charge is 2.14. The third-order valence-corrected chi connectivity index (χ3v) is 5.29. The Balaban J connectivity index is 1.57. The maximum absolute atomic E-state index is 12.1. The summed E-state index contributed by atoms with van der Waals surface area (Å²) in [5, 5.41) is 20.9. The number of nitrogens with zero attached hydrogens (tertiary/aromatic N) is 5. The molecule has 3 aromatic rings. The lowest BCUT2D eigenvalue weighted by Gasteiger charge is -2.09. The summed E-state index contributed by atoms with van der Waals surface area (Å²) in [5.41, 5.74) is 1.14. The van der Waals surface area contributed by atoms with Crippen LogP contribution in [-0.2, 0) is 17.9 Å². The fraction of sp³-hybridized carbons (Fsp3) is 0.353. The number of nitrogens with one attached hydrogen (secondary N) is 1. The van der Waals surface area contributed by atoms with E-state index in [4.69, 9.17) is 4.74 Å². The van der Waals surface area contributed by atoms with Crippen molar-refractivity contribution in [3.63, 3.8) is 0 Å². The van der Waals surface area contributed by atoms with Crippen LogP contribution in [0.2, 0.25) is 0 Å². The van der Waals surface area contributed by atoms with Gasteiger partial charge in [-0.15, -0.1) is 20.4 Å². The first-order chi connectivity index (χ1) is 13.0. The molecule has 0 saturated heterocycles. The summed E-state index contributed by atoms with van der Waals surface area (Å²) in [5.74, 6) is 1.58. The van der Waals surface area contributed by atoms with E-state index in [0.29, 0.717) is 23.4 Å². The molecule has 0 aliphatic heterocycles. The molecule has 142 valence electrons. The first-order valence-corrected chi connectivity index (χ1v) is 10.2. The number of benzene rings is 1. The first-order valence-electron chi connectivity index (χ1n) is 8.39. The molecule has 1 aromatic carbocycles. The van der Waals surface area contributed by atoms with Crippen LogP contribution in [0.5, 0.6) is 5.75 Å². The van der Waals surface area contributed by atoms with Gasteiger partial charge in [-0.05, 0) is 38.5 Å². The molecule has 0 unspecified atom stereocenters. The Morgan fingerprint density at radius 1 is 1.26 bits per heavy atom. The SMILES string of the molecule is CCn1c(COc2cccc(C)c2)nnc1SCC(=O)Nc1nnc(C)s1. The molecule has 0 radical (unpaired) electrons. The Morgan fingerprint density at radius 3 is 2.81 bits per heavy atom. The lowest BCUT2D eigenvalue weighted by molar-refractivity contribution is -0.113. The number of anilines is 1. The van der Waals surface area contributed by atoms with Gasteiger partial charge >= 0.3 is 0 Å². The fourth-order valence-corrected chi connectivity index (χ4v) is 3.76. The smallest absolute Gasteiger partial charge is 0.236 e. The van der Waals surface area contributed by atoms with E-state index in [2.05, 4.69) is 25.7 Å². The van der Waals surface area contributed by atoms with Crippen molar-refractivity contribution in [1.82, 2.24) is 25.0 Å². The molecular weight excluding hydrogens is 384 g/mol. The first kappa shape index (κ1) is 19.3. The maximum atomic E-state index is 12.1. The second-order valence-electron chi connectivity index (χ2n) is 5.71. The Morgan fingerprint density at radius 2 is 2.11 bits per heavy atom. The van der Waals surface area contributed by atoms with Crippen LogP contribution in [0.25, 0.3) is 0 Å². The molecule has 10 heteroatoms. The average Bonchev–Trinajstić information content (AvgIpc) is 3.23. The van der Waals surface area contributed by atoms with E-state index in [-0.39, 0.29) is 11.7 Å². The molecule has 1 amide bonds. The van der Waals surface area contributed by atoms with Crippen molar-refractivity contribution in [2.75, 3.05) is 11.1 Å². The van der Waals surface area contributed by atoms with E-state index >= 15 is 0 Å². The summed E-state index contributed by atoms with van der Waals surface area (Å²) in [6, 6.07) is 7.86. The van der Waals surface area contributed by atoms with E-state index < -0.39 is 0 Å². The van der Waals surface area contributed by atoms with Gasteiger partial charge in [0, 0.05) is 6.54 Å². The zero-order valence-electron chi connectivity index (χ0n) is 15.3. The van der Waals surface area contributed by atoms with Crippen LogP contribution in [0.3, 0.4) is 0 Å². The Kier molecular flexibility index (Phi) is 6.40. The number of carbonyl (C=O) groups excluding carboxylic acids is 1. The third-order valence-electron chi connectivity index (χ3n) is 3.57. The minimum Gasteiger partial charge on any atom is -0.486 e. The van der Waals surface area contributed by atoms with Crippen LogP contribution in [-0.4, -0.2) is 36.6 Å².